The van der Waals surface area contributed by atoms with Crippen LogP contribution >= 0.6 is 0 Å². The number of likely N-dealkylation sites (tertiary alicyclic amines) is 2. The molecule has 1 atom stereocenters. The molecule has 7 nitrogen and oxygen atoms in total. The molecule has 2 fully saturated rings. The van der Waals surface area contributed by atoms with Gasteiger partial charge in [-0.1, -0.05) is 6.07 Å². The van der Waals surface area contributed by atoms with Crippen LogP contribution < -0.4 is 0 Å². The molecular weight excluding hydrogens is 409 g/mol. The molecule has 0 N–H and O–H groups in total. The summed E-state index contributed by atoms with van der Waals surface area (Å²) in [6.45, 7) is 11.6. The Labute approximate surface area is 189 Å². The third-order valence-corrected chi connectivity index (χ3v) is 6.75. The number of hydrogen-bond donors (Lipinski definition) is 0. The first kappa shape index (κ1) is 22.7. The number of rotatable bonds is 3. The lowest BCUT2D eigenvalue weighted by atomic mass is 9.72. The monoisotopic (exact) mass is 443 g/mol. The van der Waals surface area contributed by atoms with E-state index in [4.69, 9.17) is 4.74 Å². The van der Waals surface area contributed by atoms with Gasteiger partial charge in [-0.25, -0.2) is 18.9 Å². The highest BCUT2D eigenvalue weighted by Crippen LogP contribution is 2.42. The SMILES string of the molecule is CC(c1ccc(-n2cc(F)cn2)nc1)N1CCCC2(CCN(C(=O)OC(C)(C)C)CC2)C1. The molecule has 4 rings (SSSR count). The summed E-state index contributed by atoms with van der Waals surface area (Å²) in [6, 6.07) is 4.18. The number of carbonyl (C=O) groups is 1. The van der Waals surface area contributed by atoms with Crippen LogP contribution in [0.3, 0.4) is 0 Å². The zero-order valence-electron chi connectivity index (χ0n) is 19.6. The fraction of sp³-hybridized carbons (Fsp3) is 0.625. The molecule has 0 saturated carbocycles. The molecule has 0 aliphatic carbocycles. The van der Waals surface area contributed by atoms with Gasteiger partial charge in [0.05, 0.1) is 12.4 Å². The maximum absolute atomic E-state index is 13.2. The summed E-state index contributed by atoms with van der Waals surface area (Å²) in [4.78, 5) is 21.3. The van der Waals surface area contributed by atoms with Crippen molar-refractivity contribution < 1.29 is 13.9 Å². The topological polar surface area (TPSA) is 63.5 Å². The summed E-state index contributed by atoms with van der Waals surface area (Å²) in [5.74, 6) is 0.232. The van der Waals surface area contributed by atoms with Crippen LogP contribution in [-0.2, 0) is 4.74 Å². The van der Waals surface area contributed by atoms with Crippen LogP contribution in [0.5, 0.6) is 0 Å². The Hall–Kier alpha value is -2.48. The second-order valence-corrected chi connectivity index (χ2v) is 10.3. The van der Waals surface area contributed by atoms with Crippen LogP contribution in [0.2, 0.25) is 0 Å². The zero-order valence-corrected chi connectivity index (χ0v) is 19.6. The van der Waals surface area contributed by atoms with E-state index in [1.54, 1.807) is 0 Å². The van der Waals surface area contributed by atoms with E-state index in [1.807, 2.05) is 37.9 Å². The van der Waals surface area contributed by atoms with E-state index in [0.717, 1.165) is 51.0 Å². The lowest BCUT2D eigenvalue weighted by Gasteiger charge is -2.49. The smallest absolute Gasteiger partial charge is 0.410 e. The molecule has 8 heteroatoms. The van der Waals surface area contributed by atoms with Gasteiger partial charge in [-0.05, 0) is 77.0 Å². The maximum Gasteiger partial charge on any atom is 0.410 e. The fourth-order valence-electron chi connectivity index (χ4n) is 4.89. The molecule has 1 spiro atoms. The van der Waals surface area contributed by atoms with Crippen LogP contribution in [0.25, 0.3) is 5.82 Å². The zero-order chi connectivity index (χ0) is 22.9. The van der Waals surface area contributed by atoms with E-state index >= 15 is 0 Å². The number of aromatic nitrogens is 3. The van der Waals surface area contributed by atoms with Gasteiger partial charge in [-0.15, -0.1) is 0 Å². The fourth-order valence-corrected chi connectivity index (χ4v) is 4.89. The molecule has 4 heterocycles. The normalized spacial score (nSPS) is 20.3. The van der Waals surface area contributed by atoms with Crippen molar-refractivity contribution in [3.63, 3.8) is 0 Å². The van der Waals surface area contributed by atoms with Gasteiger partial charge in [0.15, 0.2) is 11.6 Å². The van der Waals surface area contributed by atoms with Gasteiger partial charge < -0.3 is 9.64 Å². The molecule has 174 valence electrons. The molecule has 2 aromatic rings. The standard InChI is InChI=1S/C24H34FN5O2/c1-18(19-6-7-21(26-14-19)30-16-20(25)15-27-30)29-11-5-8-24(17-29)9-12-28(13-10-24)22(31)32-23(2,3)4/h6-7,14-16,18H,5,8-13,17H2,1-4H3. The Morgan fingerprint density at radius 1 is 1.16 bits per heavy atom. The summed E-state index contributed by atoms with van der Waals surface area (Å²) >= 11 is 0. The molecule has 32 heavy (non-hydrogen) atoms. The molecule has 2 saturated heterocycles. The van der Waals surface area contributed by atoms with E-state index in [-0.39, 0.29) is 23.4 Å². The number of pyridine rings is 1. The number of halogens is 1. The minimum absolute atomic E-state index is 0.198. The summed E-state index contributed by atoms with van der Waals surface area (Å²) in [5.41, 5.74) is 0.938. The van der Waals surface area contributed by atoms with Crippen molar-refractivity contribution >= 4 is 6.09 Å². The van der Waals surface area contributed by atoms with Crippen LogP contribution in [0, 0.1) is 11.2 Å². The first-order valence-electron chi connectivity index (χ1n) is 11.5. The van der Waals surface area contributed by atoms with E-state index < -0.39 is 5.60 Å². The largest absolute Gasteiger partial charge is 0.444 e. The number of ether oxygens (including phenoxy) is 1. The van der Waals surface area contributed by atoms with Gasteiger partial charge in [-0.3, -0.25) is 4.90 Å². The maximum atomic E-state index is 13.2. The lowest BCUT2D eigenvalue weighted by Crippen LogP contribution is -2.51. The van der Waals surface area contributed by atoms with Crippen LogP contribution in [-0.4, -0.2) is 62.4 Å². The van der Waals surface area contributed by atoms with Gasteiger partial charge in [0.25, 0.3) is 0 Å². The van der Waals surface area contributed by atoms with Gasteiger partial charge >= 0.3 is 6.09 Å². The molecule has 1 amide bonds. The molecule has 2 aliphatic heterocycles. The third-order valence-electron chi connectivity index (χ3n) is 6.75. The first-order valence-corrected chi connectivity index (χ1v) is 11.5. The number of carbonyl (C=O) groups excluding carboxylic acids is 1. The van der Waals surface area contributed by atoms with E-state index in [2.05, 4.69) is 28.0 Å². The molecule has 2 aromatic heterocycles. The van der Waals surface area contributed by atoms with Gasteiger partial charge in [0.2, 0.25) is 0 Å². The van der Waals surface area contributed by atoms with Crippen molar-refractivity contribution in [1.29, 1.82) is 0 Å². The van der Waals surface area contributed by atoms with Crippen LogP contribution in [0.1, 0.15) is 65.0 Å². The van der Waals surface area contributed by atoms with E-state index in [1.165, 1.54) is 23.5 Å². The summed E-state index contributed by atoms with van der Waals surface area (Å²) in [6.07, 6.45) is 8.57. The van der Waals surface area contributed by atoms with Crippen molar-refractivity contribution in [1.82, 2.24) is 24.6 Å². The predicted molar refractivity (Wildman–Crippen MR) is 120 cm³/mol. The Morgan fingerprint density at radius 2 is 1.91 bits per heavy atom. The van der Waals surface area contributed by atoms with Crippen molar-refractivity contribution in [2.75, 3.05) is 26.2 Å². The quantitative estimate of drug-likeness (QED) is 0.695. The highest BCUT2D eigenvalue weighted by molar-refractivity contribution is 5.68. The average Bonchev–Trinajstić information content (AvgIpc) is 3.19. The van der Waals surface area contributed by atoms with Gasteiger partial charge in [-0.2, -0.15) is 5.10 Å². The van der Waals surface area contributed by atoms with Crippen LogP contribution in [0.15, 0.2) is 30.7 Å². The van der Waals surface area contributed by atoms with Crippen molar-refractivity contribution in [3.05, 3.63) is 42.1 Å². The number of piperidine rings is 2. The summed E-state index contributed by atoms with van der Waals surface area (Å²) in [7, 11) is 0. The first-order chi connectivity index (χ1) is 15.1. The highest BCUT2D eigenvalue weighted by atomic mass is 19.1. The Bertz CT molecular complexity index is 929. The molecule has 0 aromatic carbocycles. The Kier molecular flexibility index (Phi) is 6.25. The lowest BCUT2D eigenvalue weighted by molar-refractivity contribution is -0.0126. The number of nitrogens with zero attached hydrogens (tertiary/aromatic N) is 5. The van der Waals surface area contributed by atoms with Gasteiger partial charge in [0.1, 0.15) is 5.60 Å². The number of amides is 1. The van der Waals surface area contributed by atoms with E-state index in [0.29, 0.717) is 5.82 Å². The molecule has 0 bridgehead atoms. The van der Waals surface area contributed by atoms with Crippen molar-refractivity contribution in [2.24, 2.45) is 5.41 Å². The molecule has 0 radical (unpaired) electrons. The molecular formula is C24H34FN5O2. The average molecular weight is 444 g/mol. The van der Waals surface area contributed by atoms with Gasteiger partial charge in [0, 0.05) is 31.9 Å². The minimum Gasteiger partial charge on any atom is -0.444 e. The predicted octanol–water partition coefficient (Wildman–Crippen LogP) is 4.58. The third kappa shape index (κ3) is 5.11. The Balaban J connectivity index is 1.37. The Morgan fingerprint density at radius 3 is 2.50 bits per heavy atom. The van der Waals surface area contributed by atoms with Crippen LogP contribution in [0.4, 0.5) is 9.18 Å². The number of hydrogen-bond acceptors (Lipinski definition) is 5. The van der Waals surface area contributed by atoms with E-state index in [9.17, 15) is 9.18 Å². The summed E-state index contributed by atoms with van der Waals surface area (Å²) < 4.78 is 20.2. The molecule has 1 unspecified atom stereocenters. The second kappa shape index (κ2) is 8.81. The molecule has 2 aliphatic rings. The van der Waals surface area contributed by atoms with Crippen molar-refractivity contribution in [2.45, 2.75) is 65.0 Å². The highest BCUT2D eigenvalue weighted by Gasteiger charge is 2.41. The van der Waals surface area contributed by atoms with Crippen molar-refractivity contribution in [3.8, 4) is 5.82 Å². The summed E-state index contributed by atoms with van der Waals surface area (Å²) in [5, 5.41) is 3.98. The second-order valence-electron chi connectivity index (χ2n) is 10.3. The minimum atomic E-state index is -0.460.